The molecule has 0 unspecified atom stereocenters. The van der Waals surface area contributed by atoms with Crippen molar-refractivity contribution in [2.45, 2.75) is 31.9 Å². The maximum absolute atomic E-state index is 12.4. The summed E-state index contributed by atoms with van der Waals surface area (Å²) in [5.74, 6) is -1.53. The molecule has 0 heterocycles. The minimum Gasteiger partial charge on any atom is -0.480 e. The first-order chi connectivity index (χ1) is 12.5. The fourth-order valence-electron chi connectivity index (χ4n) is 3.09. The highest BCUT2D eigenvalue weighted by Crippen LogP contribution is 2.38. The number of carbonyl (C=O) groups is 2. The van der Waals surface area contributed by atoms with Gasteiger partial charge in [-0.25, -0.2) is 18.4 Å². The fourth-order valence-corrected chi connectivity index (χ4v) is 3.09. The molecule has 2 aromatic carbocycles. The van der Waals surface area contributed by atoms with E-state index in [-0.39, 0.29) is 6.61 Å². The normalized spacial score (nSPS) is 13.0. The van der Waals surface area contributed by atoms with Crippen LogP contribution in [0.2, 0.25) is 0 Å². The van der Waals surface area contributed by atoms with Crippen LogP contribution in [-0.4, -0.2) is 29.6 Å². The summed E-state index contributed by atoms with van der Waals surface area (Å²) in [6.07, 6.45) is -4.13. The Hall–Kier alpha value is -2.96. The van der Waals surface area contributed by atoms with Gasteiger partial charge in [0.05, 0.1) is 0 Å². The minimum absolute atomic E-state index is 0.0655. The predicted octanol–water partition coefficient (Wildman–Crippen LogP) is 3.59. The first-order valence-electron chi connectivity index (χ1n) is 8.09. The molecule has 0 spiro atoms. The molecular formula is C19H17F2NO4. The summed E-state index contributed by atoms with van der Waals surface area (Å²) in [4.78, 5) is 22.7. The fraction of sp³-hybridized carbons (Fsp3) is 0.263. The first kappa shape index (κ1) is 17.8. The summed E-state index contributed by atoms with van der Waals surface area (Å²) in [5.41, 5.74) is 5.24. The van der Waals surface area contributed by atoms with Crippen molar-refractivity contribution in [3.63, 3.8) is 0 Å². The van der Waals surface area contributed by atoms with E-state index in [2.05, 4.69) is 0 Å². The average molecular weight is 361 g/mol. The van der Waals surface area contributed by atoms with E-state index in [0.717, 1.165) is 28.7 Å². The van der Waals surface area contributed by atoms with Gasteiger partial charge in [-0.15, -0.1) is 0 Å². The molecule has 1 atom stereocenters. The van der Waals surface area contributed by atoms with Crippen LogP contribution in [0.15, 0.2) is 42.5 Å². The summed E-state index contributed by atoms with van der Waals surface area (Å²) in [6, 6.07) is 12.0. The van der Waals surface area contributed by atoms with Crippen LogP contribution in [0.25, 0.3) is 11.1 Å². The van der Waals surface area contributed by atoms with Gasteiger partial charge in [0, 0.05) is 6.42 Å². The van der Waals surface area contributed by atoms with Gasteiger partial charge in [-0.2, -0.15) is 0 Å². The number of carboxylic acid groups (broad SMARTS) is 1. The summed E-state index contributed by atoms with van der Waals surface area (Å²) in [7, 11) is 0. The Labute approximate surface area is 148 Å². The molecule has 2 N–H and O–H groups in total. The summed E-state index contributed by atoms with van der Waals surface area (Å²) < 4.78 is 29.8. The molecule has 0 aromatic heterocycles. The molecule has 136 valence electrons. The number of alkyl halides is 2. The van der Waals surface area contributed by atoms with Gasteiger partial charge in [0.2, 0.25) is 6.43 Å². The van der Waals surface area contributed by atoms with Crippen LogP contribution < -0.4 is 5.32 Å². The Kier molecular flexibility index (Phi) is 5.16. The molecule has 2 aromatic rings. The van der Waals surface area contributed by atoms with Gasteiger partial charge in [0.15, 0.2) is 0 Å². The van der Waals surface area contributed by atoms with Crippen LogP contribution in [0.4, 0.5) is 13.6 Å². The number of hydrogen-bond donors (Lipinski definition) is 2. The molecule has 3 rings (SSSR count). The third-order valence-corrected chi connectivity index (χ3v) is 4.31. The molecule has 1 aliphatic carbocycles. The van der Waals surface area contributed by atoms with Gasteiger partial charge >= 0.3 is 12.1 Å². The number of hydrogen-bond acceptors (Lipinski definition) is 3. The molecule has 0 fully saturated rings. The molecule has 5 nitrogen and oxygen atoms in total. The molecule has 26 heavy (non-hydrogen) atoms. The number of ether oxygens (including phenoxy) is 1. The summed E-state index contributed by atoms with van der Waals surface area (Å²) >= 11 is 0. The Morgan fingerprint density at radius 3 is 2.58 bits per heavy atom. The van der Waals surface area contributed by atoms with Crippen molar-refractivity contribution in [1.82, 2.24) is 5.32 Å². The van der Waals surface area contributed by atoms with Crippen molar-refractivity contribution in [1.29, 1.82) is 0 Å². The first-order valence-corrected chi connectivity index (χ1v) is 8.09. The van der Waals surface area contributed by atoms with Crippen molar-refractivity contribution >= 4 is 12.1 Å². The lowest BCUT2D eigenvalue weighted by molar-refractivity contribution is -0.140. The standard InChI is InChI=1S/C19H17F2NO4/c20-17(21)9-16(18(23)24)22-19(25)26-10-12-5-3-7-14-13-6-2-1-4-11(13)8-15(12)14/h1-7,16-17H,8-10H2,(H,22,25)(H,23,24)/t16-/m0/s1. The van der Waals surface area contributed by atoms with Gasteiger partial charge in [-0.05, 0) is 34.2 Å². The minimum atomic E-state index is -2.84. The lowest BCUT2D eigenvalue weighted by Gasteiger charge is -2.15. The van der Waals surface area contributed by atoms with Crippen molar-refractivity contribution < 1.29 is 28.2 Å². The quantitative estimate of drug-likeness (QED) is 0.704. The molecule has 0 radical (unpaired) electrons. The number of fused-ring (bicyclic) bond motifs is 3. The molecule has 0 aliphatic heterocycles. The van der Waals surface area contributed by atoms with Gasteiger partial charge in [-0.1, -0.05) is 42.5 Å². The van der Waals surface area contributed by atoms with Crippen LogP contribution in [0.1, 0.15) is 23.1 Å². The Morgan fingerprint density at radius 1 is 1.12 bits per heavy atom. The van der Waals surface area contributed by atoms with Crippen molar-refractivity contribution in [3.8, 4) is 11.1 Å². The zero-order valence-electron chi connectivity index (χ0n) is 13.7. The number of amides is 1. The number of carbonyl (C=O) groups excluding carboxylic acids is 1. The zero-order chi connectivity index (χ0) is 18.7. The highest BCUT2D eigenvalue weighted by molar-refractivity contribution is 5.80. The molecule has 0 bridgehead atoms. The summed E-state index contributed by atoms with van der Waals surface area (Å²) in [6.45, 7) is -0.0655. The Balaban J connectivity index is 1.66. The highest BCUT2D eigenvalue weighted by Gasteiger charge is 2.25. The van der Waals surface area contributed by atoms with E-state index in [1.165, 1.54) is 5.56 Å². The van der Waals surface area contributed by atoms with E-state index in [1.807, 2.05) is 47.8 Å². The lowest BCUT2D eigenvalue weighted by Crippen LogP contribution is -2.42. The second kappa shape index (κ2) is 7.51. The van der Waals surface area contributed by atoms with Crippen LogP contribution in [-0.2, 0) is 22.6 Å². The van der Waals surface area contributed by atoms with Crippen LogP contribution >= 0.6 is 0 Å². The molecule has 1 aliphatic rings. The van der Waals surface area contributed by atoms with E-state index < -0.39 is 31.0 Å². The average Bonchev–Trinajstić information content (AvgIpc) is 2.98. The number of rotatable bonds is 6. The smallest absolute Gasteiger partial charge is 0.408 e. The van der Waals surface area contributed by atoms with E-state index in [4.69, 9.17) is 9.84 Å². The Morgan fingerprint density at radius 2 is 1.85 bits per heavy atom. The highest BCUT2D eigenvalue weighted by atomic mass is 19.3. The number of benzene rings is 2. The molecule has 7 heteroatoms. The SMILES string of the molecule is O=C(N[C@@H](CC(F)F)C(=O)O)OCc1cccc2c1Cc1ccccc1-2. The Bertz CT molecular complexity index is 838. The second-order valence-electron chi connectivity index (χ2n) is 6.02. The van der Waals surface area contributed by atoms with Gasteiger partial charge in [0.1, 0.15) is 12.6 Å². The summed E-state index contributed by atoms with van der Waals surface area (Å²) in [5, 5.41) is 10.8. The maximum atomic E-state index is 12.4. The van der Waals surface area contributed by atoms with E-state index >= 15 is 0 Å². The molecular weight excluding hydrogens is 344 g/mol. The van der Waals surface area contributed by atoms with Crippen LogP contribution in [0.3, 0.4) is 0 Å². The molecule has 0 saturated heterocycles. The number of alkyl carbamates (subject to hydrolysis) is 1. The van der Waals surface area contributed by atoms with Gasteiger partial charge < -0.3 is 15.2 Å². The van der Waals surface area contributed by atoms with E-state index in [1.54, 1.807) is 0 Å². The van der Waals surface area contributed by atoms with Crippen molar-refractivity contribution in [2.75, 3.05) is 0 Å². The van der Waals surface area contributed by atoms with E-state index in [9.17, 15) is 18.4 Å². The second-order valence-corrected chi connectivity index (χ2v) is 6.02. The van der Waals surface area contributed by atoms with Crippen molar-refractivity contribution in [2.24, 2.45) is 0 Å². The van der Waals surface area contributed by atoms with Crippen LogP contribution in [0.5, 0.6) is 0 Å². The number of carboxylic acids is 1. The molecule has 0 saturated carbocycles. The third-order valence-electron chi connectivity index (χ3n) is 4.31. The van der Waals surface area contributed by atoms with Crippen molar-refractivity contribution in [3.05, 3.63) is 59.2 Å². The van der Waals surface area contributed by atoms with Crippen LogP contribution in [0, 0.1) is 0 Å². The van der Waals surface area contributed by atoms with E-state index in [0.29, 0.717) is 0 Å². The number of nitrogens with one attached hydrogen (secondary N) is 1. The van der Waals surface area contributed by atoms with Gasteiger partial charge in [-0.3, -0.25) is 0 Å². The largest absolute Gasteiger partial charge is 0.480 e. The number of aliphatic carboxylic acids is 1. The monoisotopic (exact) mass is 361 g/mol. The number of halogens is 2. The maximum Gasteiger partial charge on any atom is 0.408 e. The van der Waals surface area contributed by atoms with Gasteiger partial charge in [0.25, 0.3) is 0 Å². The molecule has 1 amide bonds. The zero-order valence-corrected chi connectivity index (χ0v) is 13.7. The lowest BCUT2D eigenvalue weighted by atomic mass is 10.0. The topological polar surface area (TPSA) is 75.6 Å². The predicted molar refractivity (Wildman–Crippen MR) is 90.0 cm³/mol. The third kappa shape index (κ3) is 3.82.